The Kier molecular flexibility index (Phi) is 3.91. The summed E-state index contributed by atoms with van der Waals surface area (Å²) in [6.45, 7) is 6.63. The van der Waals surface area contributed by atoms with Crippen LogP contribution in [0.4, 0.5) is 0 Å². The summed E-state index contributed by atoms with van der Waals surface area (Å²) in [5, 5.41) is 0. The van der Waals surface area contributed by atoms with E-state index in [1.807, 2.05) is 0 Å². The van der Waals surface area contributed by atoms with Crippen LogP contribution in [0.1, 0.15) is 32.3 Å². The second-order valence-corrected chi connectivity index (χ2v) is 6.53. The van der Waals surface area contributed by atoms with Crippen LogP contribution < -0.4 is 5.73 Å². The molecule has 0 saturated carbocycles. The second-order valence-electron chi connectivity index (χ2n) is 5.62. The quantitative estimate of drug-likeness (QED) is 0.908. The van der Waals surface area contributed by atoms with Crippen LogP contribution in [0.5, 0.6) is 0 Å². The summed E-state index contributed by atoms with van der Waals surface area (Å²) in [7, 11) is 0. The molecule has 0 aromatic heterocycles. The van der Waals surface area contributed by atoms with Gasteiger partial charge in [0.25, 0.3) is 0 Å². The number of nitrogens with zero attached hydrogens (tertiary/aromatic N) is 1. The largest absolute Gasteiger partial charge is 0.327 e. The highest BCUT2D eigenvalue weighted by molar-refractivity contribution is 9.10. The number of rotatable bonds is 2. The SMILES string of the molecule is CC1(C)CCC(N)CN1Cc1ccc(Br)cc1. The van der Waals surface area contributed by atoms with Gasteiger partial charge in [-0.2, -0.15) is 0 Å². The van der Waals surface area contributed by atoms with Gasteiger partial charge in [-0.1, -0.05) is 28.1 Å². The zero-order valence-electron chi connectivity index (χ0n) is 10.6. The third-order valence-corrected chi connectivity index (χ3v) is 4.25. The number of hydrogen-bond donors (Lipinski definition) is 1. The van der Waals surface area contributed by atoms with Crippen molar-refractivity contribution in [2.24, 2.45) is 5.73 Å². The van der Waals surface area contributed by atoms with Gasteiger partial charge >= 0.3 is 0 Å². The molecule has 0 spiro atoms. The molecule has 2 rings (SSSR count). The third kappa shape index (κ3) is 3.30. The maximum atomic E-state index is 6.07. The fraction of sp³-hybridized carbons (Fsp3) is 0.571. The normalized spacial score (nSPS) is 24.8. The number of likely N-dealkylation sites (tertiary alicyclic amines) is 1. The molecule has 0 amide bonds. The highest BCUT2D eigenvalue weighted by atomic mass is 79.9. The Morgan fingerprint density at radius 3 is 2.65 bits per heavy atom. The van der Waals surface area contributed by atoms with Crippen LogP contribution in [0.25, 0.3) is 0 Å². The van der Waals surface area contributed by atoms with E-state index in [2.05, 4.69) is 58.9 Å². The maximum absolute atomic E-state index is 6.07. The van der Waals surface area contributed by atoms with Gasteiger partial charge in [-0.15, -0.1) is 0 Å². The lowest BCUT2D eigenvalue weighted by Crippen LogP contribution is -2.53. The van der Waals surface area contributed by atoms with E-state index in [0.717, 1.165) is 24.0 Å². The lowest BCUT2D eigenvalue weighted by Gasteiger charge is -2.44. The third-order valence-electron chi connectivity index (χ3n) is 3.72. The molecule has 94 valence electrons. The molecule has 1 aromatic rings. The van der Waals surface area contributed by atoms with E-state index in [0.29, 0.717) is 6.04 Å². The molecule has 3 heteroatoms. The molecular formula is C14H21BrN2. The molecule has 1 heterocycles. The fourth-order valence-electron chi connectivity index (χ4n) is 2.41. The minimum atomic E-state index is 0.267. The lowest BCUT2D eigenvalue weighted by molar-refractivity contribution is 0.0586. The summed E-state index contributed by atoms with van der Waals surface area (Å²) in [4.78, 5) is 2.50. The minimum Gasteiger partial charge on any atom is -0.327 e. The fourth-order valence-corrected chi connectivity index (χ4v) is 2.67. The van der Waals surface area contributed by atoms with Crippen LogP contribution in [0.15, 0.2) is 28.7 Å². The number of benzene rings is 1. The molecule has 1 atom stereocenters. The molecule has 0 aliphatic carbocycles. The van der Waals surface area contributed by atoms with Crippen LogP contribution in [-0.4, -0.2) is 23.0 Å². The molecule has 1 fully saturated rings. The Bertz CT molecular complexity index is 372. The predicted octanol–water partition coefficient (Wildman–Crippen LogP) is 3.15. The van der Waals surface area contributed by atoms with Gasteiger partial charge in [-0.3, -0.25) is 4.90 Å². The highest BCUT2D eigenvalue weighted by Crippen LogP contribution is 2.28. The van der Waals surface area contributed by atoms with E-state index in [1.165, 1.54) is 12.0 Å². The Labute approximate surface area is 112 Å². The Morgan fingerprint density at radius 2 is 2.00 bits per heavy atom. The van der Waals surface area contributed by atoms with Gasteiger partial charge in [0.1, 0.15) is 0 Å². The number of hydrogen-bond acceptors (Lipinski definition) is 2. The molecule has 0 radical (unpaired) electrons. The smallest absolute Gasteiger partial charge is 0.0239 e. The maximum Gasteiger partial charge on any atom is 0.0239 e. The Balaban J connectivity index is 2.08. The molecule has 1 unspecified atom stereocenters. The van der Waals surface area contributed by atoms with E-state index in [1.54, 1.807) is 0 Å². The molecule has 1 aliphatic heterocycles. The topological polar surface area (TPSA) is 29.3 Å². The van der Waals surface area contributed by atoms with Crippen LogP contribution in [-0.2, 0) is 6.54 Å². The van der Waals surface area contributed by atoms with Crippen molar-refractivity contribution in [2.75, 3.05) is 6.54 Å². The number of halogens is 1. The minimum absolute atomic E-state index is 0.267. The van der Waals surface area contributed by atoms with Gasteiger partial charge in [0, 0.05) is 29.1 Å². The standard InChI is InChI=1S/C14H21BrN2/c1-14(2)8-7-13(16)10-17(14)9-11-3-5-12(15)6-4-11/h3-6,13H,7-10,16H2,1-2H3. The van der Waals surface area contributed by atoms with Crippen molar-refractivity contribution < 1.29 is 0 Å². The van der Waals surface area contributed by atoms with Gasteiger partial charge < -0.3 is 5.73 Å². The molecule has 1 aliphatic rings. The lowest BCUT2D eigenvalue weighted by atomic mass is 9.88. The van der Waals surface area contributed by atoms with Crippen molar-refractivity contribution in [1.82, 2.24) is 4.90 Å². The van der Waals surface area contributed by atoms with E-state index >= 15 is 0 Å². The number of nitrogens with two attached hydrogens (primary N) is 1. The van der Waals surface area contributed by atoms with E-state index < -0.39 is 0 Å². The van der Waals surface area contributed by atoms with E-state index in [-0.39, 0.29) is 5.54 Å². The summed E-state index contributed by atoms with van der Waals surface area (Å²) < 4.78 is 1.14. The summed E-state index contributed by atoms with van der Waals surface area (Å²) in [6.07, 6.45) is 2.33. The first-order valence-electron chi connectivity index (χ1n) is 6.22. The van der Waals surface area contributed by atoms with E-state index in [4.69, 9.17) is 5.73 Å². The molecular weight excluding hydrogens is 276 g/mol. The first-order valence-corrected chi connectivity index (χ1v) is 7.02. The average Bonchev–Trinajstić information content (AvgIpc) is 2.27. The molecule has 0 bridgehead atoms. The first-order chi connectivity index (χ1) is 7.97. The Hall–Kier alpha value is -0.380. The first kappa shape index (κ1) is 13.1. The summed E-state index contributed by atoms with van der Waals surface area (Å²) in [5.74, 6) is 0. The average molecular weight is 297 g/mol. The molecule has 17 heavy (non-hydrogen) atoms. The van der Waals surface area contributed by atoms with Crippen molar-refractivity contribution in [3.63, 3.8) is 0 Å². The summed E-state index contributed by atoms with van der Waals surface area (Å²) >= 11 is 3.47. The number of piperidine rings is 1. The monoisotopic (exact) mass is 296 g/mol. The van der Waals surface area contributed by atoms with Crippen molar-refractivity contribution in [3.8, 4) is 0 Å². The molecule has 1 saturated heterocycles. The summed E-state index contributed by atoms with van der Waals surface area (Å²) in [5.41, 5.74) is 7.70. The predicted molar refractivity (Wildman–Crippen MR) is 75.8 cm³/mol. The van der Waals surface area contributed by atoms with Gasteiger partial charge in [0.15, 0.2) is 0 Å². The second kappa shape index (κ2) is 5.09. The van der Waals surface area contributed by atoms with E-state index in [9.17, 15) is 0 Å². The zero-order chi connectivity index (χ0) is 12.5. The van der Waals surface area contributed by atoms with Gasteiger partial charge in [-0.25, -0.2) is 0 Å². The van der Waals surface area contributed by atoms with Crippen molar-refractivity contribution in [3.05, 3.63) is 34.3 Å². The van der Waals surface area contributed by atoms with Crippen LogP contribution in [0.2, 0.25) is 0 Å². The molecule has 2 N–H and O–H groups in total. The van der Waals surface area contributed by atoms with Crippen molar-refractivity contribution in [2.45, 2.75) is 44.8 Å². The van der Waals surface area contributed by atoms with Crippen LogP contribution in [0, 0.1) is 0 Å². The van der Waals surface area contributed by atoms with Gasteiger partial charge in [-0.05, 0) is 44.4 Å². The summed E-state index contributed by atoms with van der Waals surface area (Å²) in [6, 6.07) is 8.90. The van der Waals surface area contributed by atoms with Crippen molar-refractivity contribution >= 4 is 15.9 Å². The van der Waals surface area contributed by atoms with Crippen LogP contribution in [0.3, 0.4) is 0 Å². The molecule has 2 nitrogen and oxygen atoms in total. The van der Waals surface area contributed by atoms with Crippen LogP contribution >= 0.6 is 15.9 Å². The molecule has 1 aromatic carbocycles. The highest BCUT2D eigenvalue weighted by Gasteiger charge is 2.32. The van der Waals surface area contributed by atoms with Gasteiger partial charge in [0.05, 0.1) is 0 Å². The van der Waals surface area contributed by atoms with Crippen molar-refractivity contribution in [1.29, 1.82) is 0 Å². The van der Waals surface area contributed by atoms with Gasteiger partial charge in [0.2, 0.25) is 0 Å². The Morgan fingerprint density at radius 1 is 1.35 bits per heavy atom. The zero-order valence-corrected chi connectivity index (χ0v) is 12.2.